The molecular weight excluding hydrogens is 358 g/mol. The van der Waals surface area contributed by atoms with Gasteiger partial charge in [0.05, 0.1) is 28.9 Å². The molecule has 27 heavy (non-hydrogen) atoms. The van der Waals surface area contributed by atoms with Crippen LogP contribution in [0.3, 0.4) is 0 Å². The minimum Gasteiger partial charge on any atom is -0.393 e. The van der Waals surface area contributed by atoms with E-state index in [0.29, 0.717) is 25.7 Å². The summed E-state index contributed by atoms with van der Waals surface area (Å²) in [6.45, 7) is 1.98. The standard InChI is InChI=1S/C21H23N3O2S/c1-13-19(27-12-23-13)6-7-20(26)24-21(15-9-17(25)10-15)16-8-14-4-2-3-5-18(14)22-11-16/h2-5,8,11-12,15,17,21,25H,6-7,9-10H2,1H3,(H,24,26). The van der Waals surface area contributed by atoms with Gasteiger partial charge in [-0.15, -0.1) is 11.3 Å². The van der Waals surface area contributed by atoms with Crippen molar-refractivity contribution < 1.29 is 9.90 Å². The summed E-state index contributed by atoms with van der Waals surface area (Å²) < 4.78 is 0. The maximum Gasteiger partial charge on any atom is 0.220 e. The van der Waals surface area contributed by atoms with Crippen LogP contribution in [-0.4, -0.2) is 27.1 Å². The van der Waals surface area contributed by atoms with Crippen LogP contribution in [0.2, 0.25) is 0 Å². The number of amides is 1. The maximum atomic E-state index is 12.6. The summed E-state index contributed by atoms with van der Waals surface area (Å²) in [5.74, 6) is 0.277. The second-order valence-corrected chi connectivity index (χ2v) is 8.19. The lowest BCUT2D eigenvalue weighted by Crippen LogP contribution is -2.41. The van der Waals surface area contributed by atoms with Crippen molar-refractivity contribution >= 4 is 28.1 Å². The van der Waals surface area contributed by atoms with E-state index >= 15 is 0 Å². The first-order valence-electron chi connectivity index (χ1n) is 9.31. The Morgan fingerprint density at radius 2 is 2.15 bits per heavy atom. The molecule has 4 rings (SSSR count). The van der Waals surface area contributed by atoms with Crippen LogP contribution in [0.15, 0.2) is 42.0 Å². The fourth-order valence-corrected chi connectivity index (χ4v) is 4.45. The monoisotopic (exact) mass is 381 g/mol. The van der Waals surface area contributed by atoms with E-state index in [-0.39, 0.29) is 24.0 Å². The van der Waals surface area contributed by atoms with Crippen molar-refractivity contribution in [2.45, 2.75) is 44.8 Å². The smallest absolute Gasteiger partial charge is 0.220 e. The molecule has 1 atom stereocenters. The van der Waals surface area contributed by atoms with Gasteiger partial charge < -0.3 is 10.4 Å². The van der Waals surface area contributed by atoms with E-state index in [1.807, 2.05) is 42.9 Å². The van der Waals surface area contributed by atoms with Gasteiger partial charge in [0.2, 0.25) is 5.91 Å². The number of rotatable bonds is 6. The molecule has 2 aromatic heterocycles. The predicted octanol–water partition coefficient (Wildman–Crippen LogP) is 3.56. The highest BCUT2D eigenvalue weighted by atomic mass is 32.1. The van der Waals surface area contributed by atoms with Crippen molar-refractivity contribution in [1.29, 1.82) is 0 Å². The minimum absolute atomic E-state index is 0.0300. The number of thiazole rings is 1. The van der Waals surface area contributed by atoms with E-state index in [0.717, 1.165) is 27.0 Å². The zero-order valence-corrected chi connectivity index (χ0v) is 16.1. The van der Waals surface area contributed by atoms with Gasteiger partial charge in [-0.25, -0.2) is 4.98 Å². The van der Waals surface area contributed by atoms with Crippen molar-refractivity contribution in [2.24, 2.45) is 5.92 Å². The third kappa shape index (κ3) is 4.01. The van der Waals surface area contributed by atoms with Gasteiger partial charge in [-0.05, 0) is 49.8 Å². The van der Waals surface area contributed by atoms with Gasteiger partial charge in [0.1, 0.15) is 0 Å². The van der Waals surface area contributed by atoms with Crippen LogP contribution in [0.5, 0.6) is 0 Å². The summed E-state index contributed by atoms with van der Waals surface area (Å²) >= 11 is 1.60. The largest absolute Gasteiger partial charge is 0.393 e. The first-order chi connectivity index (χ1) is 13.1. The number of aromatic nitrogens is 2. The molecule has 1 aliphatic carbocycles. The highest BCUT2D eigenvalue weighted by molar-refractivity contribution is 7.09. The number of aliphatic hydroxyl groups is 1. The van der Waals surface area contributed by atoms with Gasteiger partial charge in [0, 0.05) is 22.9 Å². The zero-order valence-electron chi connectivity index (χ0n) is 15.3. The van der Waals surface area contributed by atoms with Gasteiger partial charge in [-0.2, -0.15) is 0 Å². The van der Waals surface area contributed by atoms with Gasteiger partial charge >= 0.3 is 0 Å². The second-order valence-electron chi connectivity index (χ2n) is 7.25. The fourth-order valence-electron chi connectivity index (χ4n) is 3.67. The van der Waals surface area contributed by atoms with Crippen molar-refractivity contribution in [3.8, 4) is 0 Å². The number of hydrogen-bond acceptors (Lipinski definition) is 5. The van der Waals surface area contributed by atoms with E-state index in [2.05, 4.69) is 21.4 Å². The summed E-state index contributed by atoms with van der Waals surface area (Å²) in [7, 11) is 0. The molecular formula is C21H23N3O2S. The molecule has 1 amide bonds. The molecule has 1 unspecified atom stereocenters. The van der Waals surface area contributed by atoms with E-state index in [9.17, 15) is 9.90 Å². The third-order valence-corrected chi connectivity index (χ3v) is 6.33. The molecule has 1 fully saturated rings. The molecule has 0 aliphatic heterocycles. The third-order valence-electron chi connectivity index (χ3n) is 5.33. The van der Waals surface area contributed by atoms with E-state index in [1.54, 1.807) is 11.3 Å². The molecule has 0 radical (unpaired) electrons. The Hall–Kier alpha value is -2.31. The van der Waals surface area contributed by atoms with E-state index < -0.39 is 0 Å². The van der Waals surface area contributed by atoms with Crippen molar-refractivity contribution in [1.82, 2.24) is 15.3 Å². The lowest BCUT2D eigenvalue weighted by Gasteiger charge is -2.38. The maximum absolute atomic E-state index is 12.6. The first kappa shape index (κ1) is 18.1. The predicted molar refractivity (Wildman–Crippen MR) is 107 cm³/mol. The molecule has 0 saturated heterocycles. The zero-order chi connectivity index (χ0) is 18.8. The summed E-state index contributed by atoms with van der Waals surface area (Å²) in [5.41, 5.74) is 4.78. The van der Waals surface area contributed by atoms with Crippen LogP contribution < -0.4 is 5.32 Å². The molecule has 1 aliphatic rings. The highest BCUT2D eigenvalue weighted by Gasteiger charge is 2.35. The number of fused-ring (bicyclic) bond motifs is 1. The first-order valence-corrected chi connectivity index (χ1v) is 10.2. The fraction of sp³-hybridized carbons (Fsp3) is 0.381. The number of aliphatic hydroxyl groups excluding tert-OH is 1. The molecule has 0 bridgehead atoms. The van der Waals surface area contributed by atoms with Gasteiger partial charge in [-0.1, -0.05) is 18.2 Å². The Morgan fingerprint density at radius 1 is 1.33 bits per heavy atom. The van der Waals surface area contributed by atoms with Crippen LogP contribution in [-0.2, 0) is 11.2 Å². The Labute approximate surface area is 162 Å². The number of carbonyl (C=O) groups excluding carboxylic acids is 1. The number of para-hydroxylation sites is 1. The molecule has 3 aromatic rings. The number of aryl methyl sites for hydroxylation is 2. The average molecular weight is 382 g/mol. The summed E-state index contributed by atoms with van der Waals surface area (Å²) in [6.07, 6.45) is 4.17. The summed E-state index contributed by atoms with van der Waals surface area (Å²) in [6, 6.07) is 9.97. The molecule has 1 aromatic carbocycles. The number of nitrogens with one attached hydrogen (secondary N) is 1. The lowest BCUT2D eigenvalue weighted by atomic mass is 9.75. The Bertz CT molecular complexity index is 949. The number of carbonyl (C=O) groups is 1. The van der Waals surface area contributed by atoms with Crippen LogP contribution >= 0.6 is 11.3 Å². The summed E-state index contributed by atoms with van der Waals surface area (Å²) in [4.78, 5) is 22.6. The van der Waals surface area contributed by atoms with Crippen molar-refractivity contribution in [3.05, 3.63) is 58.2 Å². The van der Waals surface area contributed by atoms with Crippen LogP contribution in [0.4, 0.5) is 0 Å². The Kier molecular flexibility index (Phi) is 5.18. The Balaban J connectivity index is 1.50. The van der Waals surface area contributed by atoms with Crippen LogP contribution in [0, 0.1) is 12.8 Å². The van der Waals surface area contributed by atoms with E-state index in [4.69, 9.17) is 0 Å². The number of hydrogen-bond donors (Lipinski definition) is 2. The average Bonchev–Trinajstić information content (AvgIpc) is 3.06. The molecule has 140 valence electrons. The van der Waals surface area contributed by atoms with Gasteiger partial charge in [0.15, 0.2) is 0 Å². The number of pyridine rings is 1. The van der Waals surface area contributed by atoms with E-state index in [1.165, 1.54) is 0 Å². The topological polar surface area (TPSA) is 75.1 Å². The number of nitrogens with zero attached hydrogens (tertiary/aromatic N) is 2. The molecule has 1 saturated carbocycles. The van der Waals surface area contributed by atoms with Crippen molar-refractivity contribution in [3.63, 3.8) is 0 Å². The lowest BCUT2D eigenvalue weighted by molar-refractivity contribution is -0.123. The quantitative estimate of drug-likeness (QED) is 0.685. The SMILES string of the molecule is Cc1ncsc1CCC(=O)NC(c1cnc2ccccc2c1)C1CC(O)C1. The van der Waals surface area contributed by atoms with Crippen LogP contribution in [0.25, 0.3) is 10.9 Å². The Morgan fingerprint density at radius 3 is 2.89 bits per heavy atom. The second kappa shape index (κ2) is 7.74. The normalized spacial score (nSPS) is 20.2. The van der Waals surface area contributed by atoms with Crippen LogP contribution in [0.1, 0.15) is 41.4 Å². The summed E-state index contributed by atoms with van der Waals surface area (Å²) in [5, 5.41) is 14.0. The van der Waals surface area contributed by atoms with Crippen molar-refractivity contribution in [2.75, 3.05) is 0 Å². The highest BCUT2D eigenvalue weighted by Crippen LogP contribution is 2.38. The molecule has 0 spiro atoms. The minimum atomic E-state index is -0.261. The number of benzene rings is 1. The molecule has 5 nitrogen and oxygen atoms in total. The van der Waals surface area contributed by atoms with Gasteiger partial charge in [0.25, 0.3) is 0 Å². The molecule has 2 heterocycles. The molecule has 6 heteroatoms. The van der Waals surface area contributed by atoms with Gasteiger partial charge in [-0.3, -0.25) is 9.78 Å². The molecule has 2 N–H and O–H groups in total.